The third-order valence-electron chi connectivity index (χ3n) is 5.58. The smallest absolute Gasteiger partial charge is 0.272 e. The van der Waals surface area contributed by atoms with Crippen LogP contribution in [-0.2, 0) is 12.8 Å². The molecule has 1 fully saturated rings. The lowest BCUT2D eigenvalue weighted by Gasteiger charge is -2.35. The number of aromatic nitrogens is 4. The fourth-order valence-electron chi connectivity index (χ4n) is 3.97. The summed E-state index contributed by atoms with van der Waals surface area (Å²) in [4.78, 5) is 16.9. The van der Waals surface area contributed by atoms with Gasteiger partial charge in [0, 0.05) is 31.7 Å². The van der Waals surface area contributed by atoms with Gasteiger partial charge in [-0.25, -0.2) is 0 Å². The number of aromatic amines is 1. The van der Waals surface area contributed by atoms with Gasteiger partial charge in [-0.1, -0.05) is 30.3 Å². The van der Waals surface area contributed by atoms with Crippen LogP contribution in [0.5, 0.6) is 0 Å². The van der Waals surface area contributed by atoms with E-state index in [0.29, 0.717) is 18.8 Å². The van der Waals surface area contributed by atoms with Crippen LogP contribution in [-0.4, -0.2) is 57.4 Å². The number of amides is 1. The quantitative estimate of drug-likeness (QED) is 0.761. The minimum Gasteiger partial charge on any atom is -0.352 e. The Kier molecular flexibility index (Phi) is 4.27. The highest BCUT2D eigenvalue weighted by Crippen LogP contribution is 2.24. The molecule has 7 heteroatoms. The lowest BCUT2D eigenvalue weighted by Crippen LogP contribution is -2.49. The van der Waals surface area contributed by atoms with E-state index in [1.54, 1.807) is 0 Å². The summed E-state index contributed by atoms with van der Waals surface area (Å²) in [7, 11) is 0. The molecule has 5 rings (SSSR count). The Hall–Kier alpha value is -3.22. The van der Waals surface area contributed by atoms with E-state index in [4.69, 9.17) is 0 Å². The fourth-order valence-corrected chi connectivity index (χ4v) is 3.97. The predicted octanol–water partition coefficient (Wildman–Crippen LogP) is 2.32. The molecule has 3 aromatic rings. The van der Waals surface area contributed by atoms with Gasteiger partial charge in [0.05, 0.1) is 11.4 Å². The number of anilines is 1. The molecule has 1 N–H and O–H groups in total. The van der Waals surface area contributed by atoms with E-state index in [1.165, 1.54) is 12.0 Å². The molecule has 0 atom stereocenters. The zero-order chi connectivity index (χ0) is 18.9. The molecule has 1 amide bonds. The molecule has 0 saturated carbocycles. The monoisotopic (exact) mass is 374 g/mol. The summed E-state index contributed by atoms with van der Waals surface area (Å²) >= 11 is 0. The van der Waals surface area contributed by atoms with Gasteiger partial charge in [-0.15, -0.1) is 5.10 Å². The van der Waals surface area contributed by atoms with Gasteiger partial charge in [-0.3, -0.25) is 9.89 Å². The van der Waals surface area contributed by atoms with Gasteiger partial charge in [-0.2, -0.15) is 10.2 Å². The van der Waals surface area contributed by atoms with E-state index in [0.717, 1.165) is 48.7 Å². The number of hydrogen-bond acceptors (Lipinski definition) is 5. The molecule has 2 aromatic heterocycles. The van der Waals surface area contributed by atoms with Crippen molar-refractivity contribution in [2.24, 2.45) is 0 Å². The van der Waals surface area contributed by atoms with Crippen LogP contribution in [0.4, 0.5) is 5.82 Å². The summed E-state index contributed by atoms with van der Waals surface area (Å²) in [5.74, 6) is 0.926. The minimum atomic E-state index is -0.00521. The van der Waals surface area contributed by atoms with E-state index in [2.05, 4.69) is 31.4 Å². The summed E-state index contributed by atoms with van der Waals surface area (Å²) in [6, 6.07) is 13.9. The highest BCUT2D eigenvalue weighted by atomic mass is 16.2. The van der Waals surface area contributed by atoms with E-state index < -0.39 is 0 Å². The van der Waals surface area contributed by atoms with Crippen LogP contribution >= 0.6 is 0 Å². The number of rotatable bonds is 3. The van der Waals surface area contributed by atoms with Gasteiger partial charge in [0.2, 0.25) is 0 Å². The lowest BCUT2D eigenvalue weighted by molar-refractivity contribution is 0.0740. The van der Waals surface area contributed by atoms with Crippen LogP contribution in [0.15, 0.2) is 42.5 Å². The van der Waals surface area contributed by atoms with Gasteiger partial charge >= 0.3 is 0 Å². The first kappa shape index (κ1) is 16.9. The average molecular weight is 374 g/mol. The van der Waals surface area contributed by atoms with E-state index in [1.807, 2.05) is 41.3 Å². The number of fused-ring (bicyclic) bond motifs is 1. The van der Waals surface area contributed by atoms with Crippen LogP contribution in [0.25, 0.3) is 11.3 Å². The first-order valence-corrected chi connectivity index (χ1v) is 9.78. The second kappa shape index (κ2) is 7.07. The maximum Gasteiger partial charge on any atom is 0.272 e. The summed E-state index contributed by atoms with van der Waals surface area (Å²) < 4.78 is 0. The molecule has 0 radical (unpaired) electrons. The largest absolute Gasteiger partial charge is 0.352 e. The third-order valence-corrected chi connectivity index (χ3v) is 5.58. The highest BCUT2D eigenvalue weighted by Gasteiger charge is 2.25. The third kappa shape index (κ3) is 3.13. The molecule has 28 heavy (non-hydrogen) atoms. The summed E-state index contributed by atoms with van der Waals surface area (Å²) in [6.45, 7) is 2.85. The van der Waals surface area contributed by atoms with E-state index >= 15 is 0 Å². The summed E-state index contributed by atoms with van der Waals surface area (Å²) in [5.41, 5.74) is 4.79. The SMILES string of the molecule is O=C(c1cc(-c2ccccc2)n[nH]1)N1CCN(c2cc3c(nn2)CCC3)CC1. The van der Waals surface area contributed by atoms with Gasteiger partial charge < -0.3 is 9.80 Å². The molecule has 0 bridgehead atoms. The molecule has 7 nitrogen and oxygen atoms in total. The Morgan fingerprint density at radius 1 is 0.964 bits per heavy atom. The van der Waals surface area contributed by atoms with Crippen LogP contribution in [0, 0.1) is 0 Å². The van der Waals surface area contributed by atoms with Crippen LogP contribution in [0.3, 0.4) is 0 Å². The number of carbonyl (C=O) groups excluding carboxylic acids is 1. The second-order valence-electron chi connectivity index (χ2n) is 7.34. The van der Waals surface area contributed by atoms with Crippen molar-refractivity contribution in [2.45, 2.75) is 19.3 Å². The molecule has 0 unspecified atom stereocenters. The van der Waals surface area contributed by atoms with Crippen LogP contribution in [0.1, 0.15) is 28.2 Å². The maximum atomic E-state index is 12.8. The first-order valence-electron chi connectivity index (χ1n) is 9.78. The van der Waals surface area contributed by atoms with E-state index in [9.17, 15) is 4.79 Å². The Morgan fingerprint density at radius 3 is 2.61 bits per heavy atom. The number of nitrogens with one attached hydrogen (secondary N) is 1. The van der Waals surface area contributed by atoms with Crippen molar-refractivity contribution in [1.82, 2.24) is 25.3 Å². The van der Waals surface area contributed by atoms with Crippen molar-refractivity contribution in [2.75, 3.05) is 31.1 Å². The number of hydrogen-bond donors (Lipinski definition) is 1. The maximum absolute atomic E-state index is 12.8. The Bertz CT molecular complexity index is 991. The molecule has 1 aliphatic heterocycles. The summed E-state index contributed by atoms with van der Waals surface area (Å²) in [6.07, 6.45) is 3.31. The van der Waals surface area contributed by atoms with E-state index in [-0.39, 0.29) is 5.91 Å². The number of H-pyrrole nitrogens is 1. The Labute approximate surface area is 163 Å². The molecule has 1 aliphatic carbocycles. The standard InChI is InChI=1S/C21H22N6O/c28-21(19-14-18(23-24-19)15-5-2-1-3-6-15)27-11-9-26(10-12-27)20-13-16-7-4-8-17(16)22-25-20/h1-3,5-6,13-14H,4,7-12H2,(H,23,24). The van der Waals surface area contributed by atoms with Crippen LogP contribution < -0.4 is 4.90 Å². The number of nitrogens with zero attached hydrogens (tertiary/aromatic N) is 5. The normalized spacial score (nSPS) is 16.3. The molecule has 0 spiro atoms. The molecule has 142 valence electrons. The number of aryl methyl sites for hydroxylation is 2. The molecule has 1 saturated heterocycles. The zero-order valence-electron chi connectivity index (χ0n) is 15.6. The molecular formula is C21H22N6O. The van der Waals surface area contributed by atoms with Crippen molar-refractivity contribution in [3.63, 3.8) is 0 Å². The fraction of sp³-hybridized carbons (Fsp3) is 0.333. The van der Waals surface area contributed by atoms with Crippen molar-refractivity contribution in [1.29, 1.82) is 0 Å². The number of piperazine rings is 1. The predicted molar refractivity (Wildman–Crippen MR) is 106 cm³/mol. The average Bonchev–Trinajstić information content (AvgIpc) is 3.43. The Morgan fingerprint density at radius 2 is 1.79 bits per heavy atom. The van der Waals surface area contributed by atoms with Crippen LogP contribution in [0.2, 0.25) is 0 Å². The van der Waals surface area contributed by atoms with Crippen molar-refractivity contribution in [3.05, 3.63) is 59.4 Å². The molecule has 2 aliphatic rings. The lowest BCUT2D eigenvalue weighted by atomic mass is 10.1. The summed E-state index contributed by atoms with van der Waals surface area (Å²) in [5, 5.41) is 16.0. The minimum absolute atomic E-state index is 0.00521. The number of benzene rings is 1. The molecular weight excluding hydrogens is 352 g/mol. The number of carbonyl (C=O) groups is 1. The first-order chi connectivity index (χ1) is 13.8. The topological polar surface area (TPSA) is 78.0 Å². The highest BCUT2D eigenvalue weighted by molar-refractivity contribution is 5.93. The zero-order valence-corrected chi connectivity index (χ0v) is 15.6. The second-order valence-corrected chi connectivity index (χ2v) is 7.34. The Balaban J connectivity index is 1.24. The van der Waals surface area contributed by atoms with Crippen molar-refractivity contribution < 1.29 is 4.79 Å². The van der Waals surface area contributed by atoms with Gasteiger partial charge in [0.25, 0.3) is 5.91 Å². The van der Waals surface area contributed by atoms with Crippen molar-refractivity contribution in [3.8, 4) is 11.3 Å². The van der Waals surface area contributed by atoms with Gasteiger partial charge in [-0.05, 0) is 37.0 Å². The van der Waals surface area contributed by atoms with Gasteiger partial charge in [0.1, 0.15) is 5.69 Å². The molecule has 3 heterocycles. The molecule has 1 aromatic carbocycles. The van der Waals surface area contributed by atoms with Gasteiger partial charge in [0.15, 0.2) is 5.82 Å². The van der Waals surface area contributed by atoms with Crippen molar-refractivity contribution >= 4 is 11.7 Å².